The predicted octanol–water partition coefficient (Wildman–Crippen LogP) is 6.36. The van der Waals surface area contributed by atoms with E-state index in [9.17, 15) is 9.59 Å². The van der Waals surface area contributed by atoms with Gasteiger partial charge in [0.1, 0.15) is 11.2 Å². The zero-order valence-electron chi connectivity index (χ0n) is 15.9. The summed E-state index contributed by atoms with van der Waals surface area (Å²) in [6, 6.07) is 30.1. The molecule has 0 N–H and O–H groups in total. The highest BCUT2D eigenvalue weighted by molar-refractivity contribution is 7.24. The summed E-state index contributed by atoms with van der Waals surface area (Å²) in [6.45, 7) is 0. The van der Waals surface area contributed by atoms with Crippen molar-refractivity contribution in [1.82, 2.24) is 0 Å². The first-order valence-corrected chi connectivity index (χ1v) is 10.4. The van der Waals surface area contributed by atoms with E-state index in [0.717, 1.165) is 20.2 Å². The summed E-state index contributed by atoms with van der Waals surface area (Å²) < 4.78 is 7.74. The molecule has 0 bridgehead atoms. The fraction of sp³-hybridized carbons (Fsp3) is 0. The van der Waals surface area contributed by atoms with Crippen molar-refractivity contribution in [2.75, 3.05) is 0 Å². The number of fused-ring (bicyclic) bond motifs is 4. The molecule has 30 heavy (non-hydrogen) atoms. The standard InChI is InChI=1S/C13H8O2.C13H8OS/c2*14-13-9-5-1-3-7-11(9)15-12-8-4-2-6-10(12)13/h2*1-8H. The first kappa shape index (κ1) is 18.3. The molecule has 144 valence electrons. The quantitative estimate of drug-likeness (QED) is 0.275. The number of rotatable bonds is 0. The molecular weight excluding hydrogens is 392 g/mol. The maximum Gasteiger partial charge on any atom is 0.200 e. The molecule has 3 nitrogen and oxygen atoms in total. The Balaban J connectivity index is 0.000000128. The van der Waals surface area contributed by atoms with Crippen LogP contribution in [0.15, 0.2) is 111 Å². The minimum absolute atomic E-state index is 0.0347. The second-order valence-electron chi connectivity index (χ2n) is 6.85. The lowest BCUT2D eigenvalue weighted by atomic mass is 10.1. The molecule has 6 aromatic rings. The topological polar surface area (TPSA) is 47.3 Å². The molecule has 2 aromatic heterocycles. The zero-order chi connectivity index (χ0) is 20.5. The van der Waals surface area contributed by atoms with Crippen LogP contribution in [0, 0.1) is 0 Å². The van der Waals surface area contributed by atoms with Crippen LogP contribution < -0.4 is 10.9 Å². The Hall–Kier alpha value is -3.76. The molecule has 4 heteroatoms. The van der Waals surface area contributed by atoms with Crippen LogP contribution in [0.2, 0.25) is 0 Å². The minimum Gasteiger partial charge on any atom is -0.456 e. The van der Waals surface area contributed by atoms with Gasteiger partial charge in [-0.15, -0.1) is 11.3 Å². The monoisotopic (exact) mass is 408 g/mol. The van der Waals surface area contributed by atoms with Gasteiger partial charge in [0, 0.05) is 20.2 Å². The lowest BCUT2D eigenvalue weighted by Crippen LogP contribution is -2.01. The van der Waals surface area contributed by atoms with Crippen molar-refractivity contribution < 1.29 is 4.42 Å². The highest BCUT2D eigenvalue weighted by Crippen LogP contribution is 2.23. The molecule has 0 aliphatic rings. The van der Waals surface area contributed by atoms with Crippen molar-refractivity contribution in [3.63, 3.8) is 0 Å². The van der Waals surface area contributed by atoms with Crippen LogP contribution in [0.4, 0.5) is 0 Å². The van der Waals surface area contributed by atoms with Gasteiger partial charge in [0.15, 0.2) is 5.43 Å². The van der Waals surface area contributed by atoms with Gasteiger partial charge in [0.05, 0.1) is 10.8 Å². The number of hydrogen-bond donors (Lipinski definition) is 0. The lowest BCUT2D eigenvalue weighted by Gasteiger charge is -1.99. The third-order valence-electron chi connectivity index (χ3n) is 4.97. The highest BCUT2D eigenvalue weighted by Gasteiger charge is 2.05. The smallest absolute Gasteiger partial charge is 0.200 e. The van der Waals surface area contributed by atoms with E-state index in [1.165, 1.54) is 0 Å². The average molecular weight is 408 g/mol. The summed E-state index contributed by atoms with van der Waals surface area (Å²) in [7, 11) is 0. The molecule has 0 aliphatic heterocycles. The van der Waals surface area contributed by atoms with E-state index in [1.54, 1.807) is 23.5 Å². The third kappa shape index (κ3) is 3.17. The van der Waals surface area contributed by atoms with Crippen molar-refractivity contribution in [3.05, 3.63) is 118 Å². The van der Waals surface area contributed by atoms with Gasteiger partial charge in [0.25, 0.3) is 0 Å². The fourth-order valence-electron chi connectivity index (χ4n) is 3.50. The molecule has 4 aromatic carbocycles. The van der Waals surface area contributed by atoms with Gasteiger partial charge in [-0.25, -0.2) is 0 Å². The molecule has 2 heterocycles. The Labute approximate surface area is 175 Å². The first-order valence-electron chi connectivity index (χ1n) is 9.53. The Morgan fingerprint density at radius 2 is 0.833 bits per heavy atom. The van der Waals surface area contributed by atoms with Gasteiger partial charge in [-0.1, -0.05) is 48.5 Å². The molecule has 0 atom stereocenters. The zero-order valence-corrected chi connectivity index (χ0v) is 16.7. The summed E-state index contributed by atoms with van der Waals surface area (Å²) in [6.07, 6.45) is 0. The van der Waals surface area contributed by atoms with E-state index in [2.05, 4.69) is 0 Å². The molecule has 6 rings (SSSR count). The molecule has 0 amide bonds. The second-order valence-corrected chi connectivity index (χ2v) is 7.93. The van der Waals surface area contributed by atoms with E-state index < -0.39 is 0 Å². The van der Waals surface area contributed by atoms with Gasteiger partial charge in [-0.3, -0.25) is 9.59 Å². The fourth-order valence-corrected chi connectivity index (χ4v) is 4.57. The summed E-state index contributed by atoms with van der Waals surface area (Å²) in [5, 5.41) is 2.91. The van der Waals surface area contributed by atoms with E-state index >= 15 is 0 Å². The number of para-hydroxylation sites is 2. The summed E-state index contributed by atoms with van der Waals surface area (Å²) in [5.41, 5.74) is 1.45. The first-order chi connectivity index (χ1) is 14.7. The van der Waals surface area contributed by atoms with E-state index in [-0.39, 0.29) is 10.9 Å². The Morgan fingerprint density at radius 3 is 1.33 bits per heavy atom. The van der Waals surface area contributed by atoms with Gasteiger partial charge >= 0.3 is 0 Å². The van der Waals surface area contributed by atoms with Crippen molar-refractivity contribution in [2.45, 2.75) is 0 Å². The van der Waals surface area contributed by atoms with Gasteiger partial charge in [-0.05, 0) is 48.5 Å². The lowest BCUT2D eigenvalue weighted by molar-refractivity contribution is 0.660. The SMILES string of the molecule is O=c1c2ccccc2oc2ccccc12.O=c1c2ccccc2sc2ccccc12. The normalized spacial score (nSPS) is 10.9. The second kappa shape index (κ2) is 7.58. The molecule has 0 aliphatic carbocycles. The van der Waals surface area contributed by atoms with Crippen molar-refractivity contribution in [1.29, 1.82) is 0 Å². The third-order valence-corrected chi connectivity index (χ3v) is 6.12. The van der Waals surface area contributed by atoms with Crippen molar-refractivity contribution in [3.8, 4) is 0 Å². The summed E-state index contributed by atoms with van der Waals surface area (Å²) in [4.78, 5) is 24.1. The van der Waals surface area contributed by atoms with Gasteiger partial charge < -0.3 is 4.42 Å². The Morgan fingerprint density at radius 1 is 0.467 bits per heavy atom. The summed E-state index contributed by atoms with van der Waals surface area (Å²) in [5.74, 6) is 0. The van der Waals surface area contributed by atoms with Crippen LogP contribution in [-0.2, 0) is 0 Å². The van der Waals surface area contributed by atoms with Crippen LogP contribution in [0.1, 0.15) is 0 Å². The van der Waals surface area contributed by atoms with Gasteiger partial charge in [-0.2, -0.15) is 0 Å². The largest absolute Gasteiger partial charge is 0.456 e. The maximum atomic E-state index is 12.1. The molecule has 0 spiro atoms. The van der Waals surface area contributed by atoms with Crippen molar-refractivity contribution >= 4 is 53.4 Å². The molecule has 0 fully saturated rings. The Kier molecular flexibility index (Phi) is 4.62. The van der Waals surface area contributed by atoms with Crippen LogP contribution in [-0.4, -0.2) is 0 Å². The van der Waals surface area contributed by atoms with Gasteiger partial charge in [0.2, 0.25) is 5.43 Å². The molecular formula is C26H16O3S. The predicted molar refractivity (Wildman–Crippen MR) is 126 cm³/mol. The number of benzene rings is 4. The average Bonchev–Trinajstić information content (AvgIpc) is 2.80. The highest BCUT2D eigenvalue weighted by atomic mass is 32.1. The molecule has 0 saturated heterocycles. The van der Waals surface area contributed by atoms with Crippen LogP contribution in [0.25, 0.3) is 42.1 Å². The van der Waals surface area contributed by atoms with E-state index in [1.807, 2.05) is 84.9 Å². The maximum absolute atomic E-state index is 12.1. The number of hydrogen-bond acceptors (Lipinski definition) is 4. The molecule has 0 radical (unpaired) electrons. The molecule has 0 unspecified atom stereocenters. The summed E-state index contributed by atoms with van der Waals surface area (Å²) >= 11 is 1.67. The van der Waals surface area contributed by atoms with Crippen LogP contribution >= 0.6 is 11.3 Å². The minimum atomic E-state index is 0.0347. The Bertz CT molecular complexity index is 1400. The molecule has 0 saturated carbocycles. The van der Waals surface area contributed by atoms with E-state index in [4.69, 9.17) is 4.42 Å². The van der Waals surface area contributed by atoms with E-state index in [0.29, 0.717) is 21.9 Å². The van der Waals surface area contributed by atoms with Crippen LogP contribution in [0.5, 0.6) is 0 Å². The van der Waals surface area contributed by atoms with Crippen LogP contribution in [0.3, 0.4) is 0 Å². The van der Waals surface area contributed by atoms with Crippen molar-refractivity contribution in [2.24, 2.45) is 0 Å².